The van der Waals surface area contributed by atoms with Crippen LogP contribution in [0.15, 0.2) is 24.3 Å². The zero-order valence-electron chi connectivity index (χ0n) is 10.6. The Kier molecular flexibility index (Phi) is 3.84. The molecule has 0 radical (unpaired) electrons. The van der Waals surface area contributed by atoms with Gasteiger partial charge in [-0.15, -0.1) is 0 Å². The van der Waals surface area contributed by atoms with Gasteiger partial charge in [0, 0.05) is 19.0 Å². The van der Waals surface area contributed by atoms with Crippen LogP contribution in [0.3, 0.4) is 0 Å². The van der Waals surface area contributed by atoms with Crippen LogP contribution in [0.4, 0.5) is 9.18 Å². The van der Waals surface area contributed by atoms with Gasteiger partial charge in [0.2, 0.25) is 0 Å². The van der Waals surface area contributed by atoms with Gasteiger partial charge in [0.15, 0.2) is 0 Å². The van der Waals surface area contributed by atoms with Crippen molar-refractivity contribution in [3.8, 4) is 0 Å². The number of hydrogen-bond acceptors (Lipinski definition) is 1. The lowest BCUT2D eigenvalue weighted by molar-refractivity contribution is 0.239. The first-order chi connectivity index (χ1) is 8.66. The standard InChI is InChI=1S/C14H19FN2O/c1-16-13(18)17-10-14(8-2-3-9-14)11-4-6-12(15)7-5-11/h4-7H,2-3,8-10H2,1H3,(H2,16,17,18). The number of nitrogens with one attached hydrogen (secondary N) is 2. The Morgan fingerprint density at radius 1 is 1.28 bits per heavy atom. The van der Waals surface area contributed by atoms with E-state index in [0.29, 0.717) is 6.54 Å². The minimum atomic E-state index is -0.217. The Labute approximate surface area is 107 Å². The summed E-state index contributed by atoms with van der Waals surface area (Å²) in [4.78, 5) is 11.3. The average Bonchev–Trinajstić information content (AvgIpc) is 2.87. The summed E-state index contributed by atoms with van der Waals surface area (Å²) in [5.74, 6) is -0.217. The third-order valence-electron chi connectivity index (χ3n) is 3.83. The monoisotopic (exact) mass is 250 g/mol. The highest BCUT2D eigenvalue weighted by Crippen LogP contribution is 2.40. The van der Waals surface area contributed by atoms with Crippen molar-refractivity contribution >= 4 is 6.03 Å². The lowest BCUT2D eigenvalue weighted by Crippen LogP contribution is -2.42. The molecule has 0 unspecified atom stereocenters. The largest absolute Gasteiger partial charge is 0.341 e. The predicted octanol–water partition coefficient (Wildman–Crippen LogP) is 2.57. The van der Waals surface area contributed by atoms with E-state index in [1.807, 2.05) is 12.1 Å². The molecule has 0 spiro atoms. The van der Waals surface area contributed by atoms with E-state index < -0.39 is 0 Å². The molecule has 1 aliphatic carbocycles. The van der Waals surface area contributed by atoms with Crippen LogP contribution in [0.2, 0.25) is 0 Å². The van der Waals surface area contributed by atoms with E-state index in [1.54, 1.807) is 7.05 Å². The maximum absolute atomic E-state index is 13.0. The summed E-state index contributed by atoms with van der Waals surface area (Å²) in [6.45, 7) is 0.609. The maximum atomic E-state index is 13.0. The fourth-order valence-electron chi connectivity index (χ4n) is 2.76. The minimum Gasteiger partial charge on any atom is -0.341 e. The molecule has 2 amide bonds. The Hall–Kier alpha value is -1.58. The molecule has 0 aromatic heterocycles. The van der Waals surface area contributed by atoms with E-state index in [-0.39, 0.29) is 17.3 Å². The smallest absolute Gasteiger partial charge is 0.314 e. The first kappa shape index (κ1) is 12.9. The van der Waals surface area contributed by atoms with Crippen molar-refractivity contribution in [2.75, 3.05) is 13.6 Å². The van der Waals surface area contributed by atoms with Gasteiger partial charge in [0.05, 0.1) is 0 Å². The van der Waals surface area contributed by atoms with Gasteiger partial charge in [-0.25, -0.2) is 9.18 Å². The molecular formula is C14H19FN2O. The van der Waals surface area contributed by atoms with Crippen molar-refractivity contribution in [3.63, 3.8) is 0 Å². The zero-order valence-corrected chi connectivity index (χ0v) is 10.6. The summed E-state index contributed by atoms with van der Waals surface area (Å²) in [5, 5.41) is 5.44. The first-order valence-electron chi connectivity index (χ1n) is 6.38. The molecule has 98 valence electrons. The Bertz CT molecular complexity index is 410. The Balaban J connectivity index is 2.16. The summed E-state index contributed by atoms with van der Waals surface area (Å²) < 4.78 is 13.0. The van der Waals surface area contributed by atoms with Gasteiger partial charge in [-0.3, -0.25) is 0 Å². The van der Waals surface area contributed by atoms with Crippen molar-refractivity contribution < 1.29 is 9.18 Å². The van der Waals surface area contributed by atoms with Crippen molar-refractivity contribution in [2.24, 2.45) is 0 Å². The van der Waals surface area contributed by atoms with E-state index in [9.17, 15) is 9.18 Å². The van der Waals surface area contributed by atoms with Gasteiger partial charge < -0.3 is 10.6 Å². The molecule has 0 bridgehead atoms. The predicted molar refractivity (Wildman–Crippen MR) is 69.0 cm³/mol. The van der Waals surface area contributed by atoms with E-state index in [4.69, 9.17) is 0 Å². The van der Waals surface area contributed by atoms with Crippen molar-refractivity contribution in [1.82, 2.24) is 10.6 Å². The molecule has 1 saturated carbocycles. The summed E-state index contributed by atoms with van der Waals surface area (Å²) >= 11 is 0. The second-order valence-corrected chi connectivity index (χ2v) is 4.93. The lowest BCUT2D eigenvalue weighted by Gasteiger charge is -2.30. The van der Waals surface area contributed by atoms with Gasteiger partial charge in [-0.1, -0.05) is 25.0 Å². The van der Waals surface area contributed by atoms with Crippen LogP contribution in [-0.2, 0) is 5.41 Å². The number of amides is 2. The third-order valence-corrected chi connectivity index (χ3v) is 3.83. The number of halogens is 1. The number of benzene rings is 1. The Morgan fingerprint density at radius 3 is 2.44 bits per heavy atom. The maximum Gasteiger partial charge on any atom is 0.314 e. The SMILES string of the molecule is CNC(=O)NCC1(c2ccc(F)cc2)CCCC1. The Morgan fingerprint density at radius 2 is 1.89 bits per heavy atom. The molecule has 4 heteroatoms. The number of carbonyl (C=O) groups excluding carboxylic acids is 1. The third kappa shape index (κ3) is 2.63. The second-order valence-electron chi connectivity index (χ2n) is 4.93. The fraction of sp³-hybridized carbons (Fsp3) is 0.500. The molecule has 0 atom stereocenters. The molecule has 1 aromatic carbocycles. The molecule has 18 heavy (non-hydrogen) atoms. The number of urea groups is 1. The topological polar surface area (TPSA) is 41.1 Å². The molecule has 1 aliphatic rings. The molecule has 0 aliphatic heterocycles. The van der Waals surface area contributed by atoms with Crippen LogP contribution < -0.4 is 10.6 Å². The average molecular weight is 250 g/mol. The highest BCUT2D eigenvalue weighted by atomic mass is 19.1. The summed E-state index contributed by atoms with van der Waals surface area (Å²) in [7, 11) is 1.61. The number of carbonyl (C=O) groups is 1. The van der Waals surface area contributed by atoms with Crippen LogP contribution in [0.1, 0.15) is 31.2 Å². The number of hydrogen-bond donors (Lipinski definition) is 2. The molecule has 1 aromatic rings. The number of rotatable bonds is 3. The van der Waals surface area contributed by atoms with Gasteiger partial charge in [-0.2, -0.15) is 0 Å². The van der Waals surface area contributed by atoms with Crippen LogP contribution in [0.5, 0.6) is 0 Å². The molecular weight excluding hydrogens is 231 g/mol. The van der Waals surface area contributed by atoms with E-state index in [1.165, 1.54) is 12.1 Å². The van der Waals surface area contributed by atoms with Crippen molar-refractivity contribution in [1.29, 1.82) is 0 Å². The second kappa shape index (κ2) is 5.38. The summed E-state index contributed by atoms with van der Waals surface area (Å²) in [6.07, 6.45) is 4.41. The van der Waals surface area contributed by atoms with E-state index in [2.05, 4.69) is 10.6 Å². The van der Waals surface area contributed by atoms with E-state index >= 15 is 0 Å². The highest BCUT2D eigenvalue weighted by molar-refractivity contribution is 5.73. The quantitative estimate of drug-likeness (QED) is 0.850. The van der Waals surface area contributed by atoms with Crippen LogP contribution in [0, 0.1) is 5.82 Å². The molecule has 0 heterocycles. The van der Waals surface area contributed by atoms with Gasteiger partial charge >= 0.3 is 6.03 Å². The summed E-state index contributed by atoms with van der Waals surface area (Å²) in [6, 6.07) is 6.51. The minimum absolute atomic E-state index is 0.0276. The van der Waals surface area contributed by atoms with Gasteiger partial charge in [0.1, 0.15) is 5.82 Å². The molecule has 3 nitrogen and oxygen atoms in total. The summed E-state index contributed by atoms with van der Waals surface area (Å²) in [5.41, 5.74) is 1.10. The lowest BCUT2D eigenvalue weighted by atomic mass is 9.79. The normalized spacial score (nSPS) is 17.4. The van der Waals surface area contributed by atoms with E-state index in [0.717, 1.165) is 31.2 Å². The fourth-order valence-corrected chi connectivity index (χ4v) is 2.76. The van der Waals surface area contributed by atoms with Crippen molar-refractivity contribution in [2.45, 2.75) is 31.1 Å². The molecule has 1 fully saturated rings. The first-order valence-corrected chi connectivity index (χ1v) is 6.38. The van der Waals surface area contributed by atoms with Crippen LogP contribution >= 0.6 is 0 Å². The van der Waals surface area contributed by atoms with Crippen LogP contribution in [0.25, 0.3) is 0 Å². The molecule has 0 saturated heterocycles. The van der Waals surface area contributed by atoms with Gasteiger partial charge in [0.25, 0.3) is 0 Å². The molecule has 2 rings (SSSR count). The van der Waals surface area contributed by atoms with Crippen molar-refractivity contribution in [3.05, 3.63) is 35.6 Å². The highest BCUT2D eigenvalue weighted by Gasteiger charge is 2.35. The van der Waals surface area contributed by atoms with Gasteiger partial charge in [-0.05, 0) is 30.5 Å². The molecule has 2 N–H and O–H groups in total. The van der Waals surface area contributed by atoms with Crippen LogP contribution in [-0.4, -0.2) is 19.6 Å². The zero-order chi connectivity index (χ0) is 13.0.